The van der Waals surface area contributed by atoms with Gasteiger partial charge in [-0.05, 0) is 38.8 Å². The van der Waals surface area contributed by atoms with Gasteiger partial charge in [-0.3, -0.25) is 0 Å². The number of hydrogen-bond donors (Lipinski definition) is 1. The molecule has 0 amide bonds. The molecule has 7 nitrogen and oxygen atoms in total. The second-order valence-electron chi connectivity index (χ2n) is 9.02. The number of fused-ring (bicyclic) bond motifs is 2. The summed E-state index contributed by atoms with van der Waals surface area (Å²) >= 11 is 0. The Morgan fingerprint density at radius 2 is 1.84 bits per heavy atom. The molecule has 7 heteroatoms. The van der Waals surface area contributed by atoms with Crippen LogP contribution in [-0.2, 0) is 18.9 Å². The SMILES string of the molecule is COCOc1cc(N)cc2c1C(=O)O[C@@H](C)[C@H](C)/C=C\C(C)C1OC(C)(C)O[C@H]1CC=C2. The Balaban J connectivity index is 2.04. The van der Waals surface area contributed by atoms with Crippen LogP contribution in [0.5, 0.6) is 5.75 Å². The number of anilines is 1. The zero-order chi connectivity index (χ0) is 23.5. The fourth-order valence-corrected chi connectivity index (χ4v) is 4.02. The average Bonchev–Trinajstić information content (AvgIpc) is 3.03. The first-order chi connectivity index (χ1) is 15.1. The second kappa shape index (κ2) is 10.1. The van der Waals surface area contributed by atoms with Gasteiger partial charge in [-0.15, -0.1) is 0 Å². The van der Waals surface area contributed by atoms with E-state index in [1.807, 2.05) is 39.8 Å². The van der Waals surface area contributed by atoms with Gasteiger partial charge in [0.15, 0.2) is 12.6 Å². The molecule has 3 rings (SSSR count). The van der Waals surface area contributed by atoms with Crippen molar-refractivity contribution in [3.8, 4) is 5.75 Å². The Kier molecular flexibility index (Phi) is 7.64. The summed E-state index contributed by atoms with van der Waals surface area (Å²) < 4.78 is 28.9. The van der Waals surface area contributed by atoms with Crippen molar-refractivity contribution < 1.29 is 28.5 Å². The van der Waals surface area contributed by atoms with Crippen molar-refractivity contribution in [2.75, 3.05) is 19.6 Å². The Labute approximate surface area is 190 Å². The number of carbonyl (C=O) groups excluding carboxylic acids is 1. The molecule has 1 aromatic rings. The molecule has 2 aliphatic heterocycles. The van der Waals surface area contributed by atoms with E-state index in [0.29, 0.717) is 29.0 Å². The highest BCUT2D eigenvalue weighted by atomic mass is 16.8. The molecule has 1 saturated heterocycles. The zero-order valence-electron chi connectivity index (χ0n) is 19.8. The lowest BCUT2D eigenvalue weighted by atomic mass is 9.94. The Bertz CT molecular complexity index is 877. The minimum absolute atomic E-state index is 0.00856. The van der Waals surface area contributed by atoms with E-state index in [1.54, 1.807) is 12.1 Å². The highest BCUT2D eigenvalue weighted by Crippen LogP contribution is 2.36. The Hall–Kier alpha value is -2.35. The van der Waals surface area contributed by atoms with Crippen LogP contribution < -0.4 is 10.5 Å². The van der Waals surface area contributed by atoms with Crippen LogP contribution in [0.2, 0.25) is 0 Å². The number of nitrogen functional groups attached to an aromatic ring is 1. The molecule has 0 radical (unpaired) electrons. The maximum Gasteiger partial charge on any atom is 0.342 e. The Morgan fingerprint density at radius 3 is 2.56 bits per heavy atom. The first-order valence-electron chi connectivity index (χ1n) is 11.1. The van der Waals surface area contributed by atoms with Crippen molar-refractivity contribution in [2.24, 2.45) is 11.8 Å². The lowest BCUT2D eigenvalue weighted by molar-refractivity contribution is -0.148. The number of ether oxygens (including phenoxy) is 5. The van der Waals surface area contributed by atoms with Crippen LogP contribution in [0.25, 0.3) is 6.08 Å². The zero-order valence-corrected chi connectivity index (χ0v) is 19.8. The molecule has 5 atom stereocenters. The normalized spacial score (nSPS) is 31.2. The summed E-state index contributed by atoms with van der Waals surface area (Å²) in [6, 6.07) is 3.35. The number of methoxy groups -OCH3 is 1. The number of nitrogens with two attached hydrogens (primary N) is 1. The van der Waals surface area contributed by atoms with Crippen molar-refractivity contribution in [3.63, 3.8) is 0 Å². The van der Waals surface area contributed by atoms with E-state index < -0.39 is 11.8 Å². The van der Waals surface area contributed by atoms with E-state index in [-0.39, 0.29) is 36.9 Å². The van der Waals surface area contributed by atoms with E-state index in [4.69, 9.17) is 29.4 Å². The first-order valence-corrected chi connectivity index (χ1v) is 11.1. The second-order valence-corrected chi connectivity index (χ2v) is 9.02. The van der Waals surface area contributed by atoms with Crippen molar-refractivity contribution >= 4 is 17.7 Å². The third-order valence-corrected chi connectivity index (χ3v) is 5.85. The molecule has 0 spiro atoms. The summed E-state index contributed by atoms with van der Waals surface area (Å²) in [4.78, 5) is 13.2. The summed E-state index contributed by atoms with van der Waals surface area (Å²) in [5, 5.41) is 0. The number of hydrogen-bond acceptors (Lipinski definition) is 7. The molecule has 0 aromatic heterocycles. The molecular formula is C25H35NO6. The minimum atomic E-state index is -0.652. The summed E-state index contributed by atoms with van der Waals surface area (Å²) in [5.74, 6) is -0.643. The highest BCUT2D eigenvalue weighted by Gasteiger charge is 2.42. The van der Waals surface area contributed by atoms with E-state index in [1.165, 1.54) is 7.11 Å². The molecule has 1 aromatic carbocycles. The van der Waals surface area contributed by atoms with E-state index in [0.717, 1.165) is 0 Å². The van der Waals surface area contributed by atoms with Crippen LogP contribution in [0.15, 0.2) is 30.4 Å². The van der Waals surface area contributed by atoms with Crippen LogP contribution in [0.4, 0.5) is 5.69 Å². The van der Waals surface area contributed by atoms with Crippen molar-refractivity contribution in [3.05, 3.63) is 41.5 Å². The largest absolute Gasteiger partial charge is 0.467 e. The van der Waals surface area contributed by atoms with Crippen molar-refractivity contribution in [1.82, 2.24) is 0 Å². The van der Waals surface area contributed by atoms with Gasteiger partial charge in [-0.1, -0.05) is 38.2 Å². The van der Waals surface area contributed by atoms with E-state index in [2.05, 4.69) is 19.1 Å². The van der Waals surface area contributed by atoms with Crippen molar-refractivity contribution in [2.45, 2.75) is 65.1 Å². The van der Waals surface area contributed by atoms with Gasteiger partial charge in [0.1, 0.15) is 17.4 Å². The van der Waals surface area contributed by atoms with Crippen LogP contribution >= 0.6 is 0 Å². The van der Waals surface area contributed by atoms with E-state index >= 15 is 0 Å². The topological polar surface area (TPSA) is 89.2 Å². The van der Waals surface area contributed by atoms with Gasteiger partial charge < -0.3 is 29.4 Å². The van der Waals surface area contributed by atoms with E-state index in [9.17, 15) is 4.79 Å². The van der Waals surface area contributed by atoms with Gasteiger partial charge in [0.2, 0.25) is 0 Å². The maximum absolute atomic E-state index is 13.2. The number of cyclic esters (lactones) is 1. The smallest absolute Gasteiger partial charge is 0.342 e. The molecule has 0 bridgehead atoms. The monoisotopic (exact) mass is 445 g/mol. The van der Waals surface area contributed by atoms with Crippen LogP contribution in [0.3, 0.4) is 0 Å². The third kappa shape index (κ3) is 5.71. The maximum atomic E-state index is 13.2. The minimum Gasteiger partial charge on any atom is -0.467 e. The van der Waals surface area contributed by atoms with Crippen molar-refractivity contribution in [1.29, 1.82) is 0 Å². The van der Waals surface area contributed by atoms with Gasteiger partial charge in [0.05, 0.1) is 12.2 Å². The molecular weight excluding hydrogens is 410 g/mol. The summed E-state index contributed by atoms with van der Waals surface area (Å²) in [6.45, 7) is 9.87. The summed E-state index contributed by atoms with van der Waals surface area (Å²) in [5.41, 5.74) is 7.51. The fourth-order valence-electron chi connectivity index (χ4n) is 4.02. The predicted octanol–water partition coefficient (Wildman–Crippen LogP) is 4.56. The average molecular weight is 446 g/mol. The fraction of sp³-hybridized carbons (Fsp3) is 0.560. The van der Waals surface area contributed by atoms with Gasteiger partial charge in [-0.25, -0.2) is 4.79 Å². The molecule has 1 fully saturated rings. The highest BCUT2D eigenvalue weighted by molar-refractivity contribution is 5.97. The summed E-state index contributed by atoms with van der Waals surface area (Å²) in [7, 11) is 1.52. The first kappa shape index (κ1) is 24.3. The lowest BCUT2D eigenvalue weighted by Crippen LogP contribution is -2.29. The molecule has 2 aliphatic rings. The number of benzene rings is 1. The number of esters is 1. The molecule has 32 heavy (non-hydrogen) atoms. The van der Waals surface area contributed by atoms with Gasteiger partial charge in [-0.2, -0.15) is 0 Å². The molecule has 2 N–H and O–H groups in total. The molecule has 0 saturated carbocycles. The van der Waals surface area contributed by atoms with Gasteiger partial charge in [0.25, 0.3) is 0 Å². The quantitative estimate of drug-likeness (QED) is 0.316. The van der Waals surface area contributed by atoms with Gasteiger partial charge >= 0.3 is 5.97 Å². The summed E-state index contributed by atoms with van der Waals surface area (Å²) in [6.07, 6.45) is 8.11. The molecule has 176 valence electrons. The van der Waals surface area contributed by atoms with Crippen LogP contribution in [-0.4, -0.2) is 44.0 Å². The van der Waals surface area contributed by atoms with Gasteiger partial charge in [0, 0.05) is 30.7 Å². The predicted molar refractivity (Wildman–Crippen MR) is 123 cm³/mol. The third-order valence-electron chi connectivity index (χ3n) is 5.85. The number of carbonyl (C=O) groups is 1. The Morgan fingerprint density at radius 1 is 1.12 bits per heavy atom. The van der Waals surface area contributed by atoms with Crippen LogP contribution in [0, 0.1) is 11.8 Å². The van der Waals surface area contributed by atoms with Crippen LogP contribution in [0.1, 0.15) is 57.0 Å². The molecule has 2 heterocycles. The molecule has 0 aliphatic carbocycles. The molecule has 2 unspecified atom stereocenters. The number of rotatable bonds is 3. The lowest BCUT2D eigenvalue weighted by Gasteiger charge is -2.23. The standard InChI is InChI=1S/C25H35NO6/c1-15-10-11-16(2)23-20(31-25(4,5)32-23)9-7-8-18-12-19(26)13-21(29-14-28-6)22(18)24(27)30-17(15)3/h7-8,10-13,15-17,20,23H,9,14,26H2,1-6H3/b8-7?,11-10-/t15-,16?,17+,20+,23?/m1/s1.